The molecule has 0 saturated heterocycles. The maximum atomic E-state index is 12.7. The first kappa shape index (κ1) is 40.6. The maximum Gasteiger partial charge on any atom is 2.00 e. The number of aromatic nitrogens is 2. The Morgan fingerprint density at radius 3 is 1.68 bits per heavy atom. The molecule has 0 unspecified atom stereocenters. The van der Waals surface area contributed by atoms with Crippen molar-refractivity contribution in [2.75, 3.05) is 13.2 Å². The van der Waals surface area contributed by atoms with Crippen molar-refractivity contribution >= 4 is 12.1 Å². The standard InChI is InChI=1S/C33H34N4O4.2NO3.Zn/c38-32(39)31(17-7-10-20-37(21-24-11-5-8-18-34-24)22-25-12-6-9-19-35-25)36-33(40)41-23-30-28-15-3-1-13-26(28)27-14-2-4-16-29(27)30;2*2-1(3)4;/h1-6,8-9,11-16,18-19,30-31H,7,10,17,20-23H2,(H,36,40)(H,38,39);;;/q;2*-1;+2/t31-;;;/m0.../s1. The van der Waals surface area contributed by atoms with E-state index in [1.165, 1.54) is 0 Å². The van der Waals surface area contributed by atoms with Crippen LogP contribution in [-0.4, -0.2) is 61.4 Å². The molecule has 0 aliphatic heterocycles. The fourth-order valence-electron chi connectivity index (χ4n) is 5.38. The van der Waals surface area contributed by atoms with Crippen molar-refractivity contribution < 1.29 is 49.1 Å². The Kier molecular flexibility index (Phi) is 17.4. The molecule has 0 saturated carbocycles. The summed E-state index contributed by atoms with van der Waals surface area (Å²) in [7, 11) is 0. The molecule has 1 atom stereocenters. The summed E-state index contributed by atoms with van der Waals surface area (Å²) in [6.07, 6.45) is 4.53. The van der Waals surface area contributed by atoms with Gasteiger partial charge < -0.3 is 45.8 Å². The van der Waals surface area contributed by atoms with E-state index in [2.05, 4.69) is 32.3 Å². The molecule has 0 spiro atoms. The molecular weight excluding hydrogens is 706 g/mol. The number of benzene rings is 2. The number of amides is 1. The van der Waals surface area contributed by atoms with Crippen LogP contribution in [0.1, 0.15) is 47.7 Å². The Hall–Kier alpha value is -5.54. The number of ether oxygens (including phenoxy) is 1. The van der Waals surface area contributed by atoms with E-state index in [1.54, 1.807) is 12.4 Å². The van der Waals surface area contributed by atoms with Gasteiger partial charge in [0.05, 0.1) is 21.6 Å². The van der Waals surface area contributed by atoms with Crippen molar-refractivity contribution in [1.82, 2.24) is 20.2 Å². The minimum atomic E-state index is -1.75. The number of carboxylic acid groups (broad SMARTS) is 1. The molecule has 17 heteroatoms. The average Bonchev–Trinajstić information content (AvgIpc) is 3.39. The van der Waals surface area contributed by atoms with Gasteiger partial charge in [-0.25, -0.2) is 9.59 Å². The van der Waals surface area contributed by atoms with Crippen LogP contribution in [0.3, 0.4) is 0 Å². The van der Waals surface area contributed by atoms with Crippen LogP contribution in [0.4, 0.5) is 4.79 Å². The molecule has 258 valence electrons. The van der Waals surface area contributed by atoms with Gasteiger partial charge in [-0.15, -0.1) is 0 Å². The van der Waals surface area contributed by atoms with Crippen LogP contribution in [0, 0.1) is 30.6 Å². The van der Waals surface area contributed by atoms with Gasteiger partial charge in [0.1, 0.15) is 12.6 Å². The summed E-state index contributed by atoms with van der Waals surface area (Å²) in [5.74, 6) is -1.15. The molecule has 1 aliphatic rings. The van der Waals surface area contributed by atoms with E-state index in [-0.39, 0.29) is 32.0 Å². The Bertz CT molecular complexity index is 1560. The summed E-state index contributed by atoms with van der Waals surface area (Å²) in [5.41, 5.74) is 6.42. The topological polar surface area (TPSA) is 237 Å². The minimum Gasteiger partial charge on any atom is -0.480 e. The number of aliphatic carboxylic acids is 1. The van der Waals surface area contributed by atoms with Gasteiger partial charge in [0.15, 0.2) is 0 Å². The quantitative estimate of drug-likeness (QED) is 0.0781. The fraction of sp³-hybridized carbons (Fsp3) is 0.273. The Balaban J connectivity index is 0.000000872. The molecular formula is C33H34N6O10Zn. The van der Waals surface area contributed by atoms with E-state index >= 15 is 0 Å². The Labute approximate surface area is 299 Å². The van der Waals surface area contributed by atoms with Gasteiger partial charge in [-0.1, -0.05) is 60.7 Å². The summed E-state index contributed by atoms with van der Waals surface area (Å²) in [4.78, 5) is 52.2. The number of hydrogen-bond donors (Lipinski definition) is 2. The Morgan fingerprint density at radius 2 is 1.24 bits per heavy atom. The van der Waals surface area contributed by atoms with Crippen LogP contribution in [-0.2, 0) is 42.1 Å². The molecule has 1 aliphatic carbocycles. The van der Waals surface area contributed by atoms with Crippen LogP contribution in [0.25, 0.3) is 11.1 Å². The molecule has 0 bridgehead atoms. The third-order valence-corrected chi connectivity index (χ3v) is 7.37. The molecule has 5 rings (SSSR count). The molecule has 1 amide bonds. The zero-order chi connectivity index (χ0) is 35.6. The van der Waals surface area contributed by atoms with Crippen LogP contribution in [0.5, 0.6) is 0 Å². The molecule has 2 heterocycles. The van der Waals surface area contributed by atoms with Gasteiger partial charge in [0, 0.05) is 31.4 Å². The van der Waals surface area contributed by atoms with Crippen LogP contribution >= 0.6 is 0 Å². The zero-order valence-electron chi connectivity index (χ0n) is 26.9. The second-order valence-electron chi connectivity index (χ2n) is 10.7. The van der Waals surface area contributed by atoms with Crippen molar-refractivity contribution in [3.05, 3.63) is 150 Å². The van der Waals surface area contributed by atoms with Crippen molar-refractivity contribution in [2.45, 2.75) is 44.3 Å². The van der Waals surface area contributed by atoms with E-state index in [4.69, 9.17) is 35.4 Å². The van der Waals surface area contributed by atoms with Crippen molar-refractivity contribution in [3.8, 4) is 11.1 Å². The molecule has 0 radical (unpaired) electrons. The first-order valence-electron chi connectivity index (χ1n) is 15.0. The van der Waals surface area contributed by atoms with Gasteiger partial charge in [-0.05, 0) is 72.3 Å². The number of fused-ring (bicyclic) bond motifs is 3. The van der Waals surface area contributed by atoms with E-state index in [0.29, 0.717) is 25.9 Å². The summed E-state index contributed by atoms with van der Waals surface area (Å²) in [5, 5.41) is 41.8. The second kappa shape index (κ2) is 21.4. The number of carbonyl (C=O) groups is 2. The molecule has 16 nitrogen and oxygen atoms in total. The van der Waals surface area contributed by atoms with E-state index in [9.17, 15) is 14.7 Å². The molecule has 4 aromatic rings. The van der Waals surface area contributed by atoms with Crippen molar-refractivity contribution in [2.24, 2.45) is 0 Å². The monoisotopic (exact) mass is 738 g/mol. The number of unbranched alkanes of at least 4 members (excludes halogenated alkanes) is 1. The maximum absolute atomic E-state index is 12.7. The summed E-state index contributed by atoms with van der Waals surface area (Å²) >= 11 is 0. The SMILES string of the molecule is O=C(N[C@@H](CCCCN(Cc1ccccn1)Cc1ccccn1)C(=O)O)OCC1c2ccccc2-c2ccccc21.O=[N+]([O-])[O-].O=[N+]([O-])[O-].[Zn+2]. The average molecular weight is 740 g/mol. The van der Waals surface area contributed by atoms with Gasteiger partial charge in [0.2, 0.25) is 0 Å². The number of nitrogens with zero attached hydrogens (tertiary/aromatic N) is 5. The number of nitrogens with one attached hydrogen (secondary N) is 1. The van der Waals surface area contributed by atoms with Gasteiger partial charge in [0.25, 0.3) is 0 Å². The number of hydrogen-bond acceptors (Lipinski definition) is 12. The Morgan fingerprint density at radius 1 is 0.780 bits per heavy atom. The third kappa shape index (κ3) is 13.9. The fourth-order valence-corrected chi connectivity index (χ4v) is 5.38. The van der Waals surface area contributed by atoms with Crippen LogP contribution < -0.4 is 5.32 Å². The minimum absolute atomic E-state index is 0. The van der Waals surface area contributed by atoms with Crippen molar-refractivity contribution in [1.29, 1.82) is 0 Å². The summed E-state index contributed by atoms with van der Waals surface area (Å²) in [6, 6.07) is 26.9. The molecule has 0 fully saturated rings. The number of pyridine rings is 2. The smallest absolute Gasteiger partial charge is 0.480 e. The normalized spacial score (nSPS) is 11.5. The first-order valence-corrected chi connectivity index (χ1v) is 15.0. The van der Waals surface area contributed by atoms with Gasteiger partial charge in [-0.2, -0.15) is 0 Å². The second-order valence-corrected chi connectivity index (χ2v) is 10.7. The molecule has 2 N–H and O–H groups in total. The van der Waals surface area contributed by atoms with Crippen LogP contribution in [0.2, 0.25) is 0 Å². The molecule has 50 heavy (non-hydrogen) atoms. The zero-order valence-corrected chi connectivity index (χ0v) is 29.9. The number of rotatable bonds is 13. The summed E-state index contributed by atoms with van der Waals surface area (Å²) < 4.78 is 5.56. The number of carbonyl (C=O) groups excluding carboxylic acids is 1. The summed E-state index contributed by atoms with van der Waals surface area (Å²) in [6.45, 7) is 2.21. The number of carboxylic acids is 1. The third-order valence-electron chi connectivity index (χ3n) is 7.37. The van der Waals surface area contributed by atoms with Gasteiger partial charge in [-0.3, -0.25) is 14.9 Å². The van der Waals surface area contributed by atoms with E-state index in [0.717, 1.165) is 46.6 Å². The van der Waals surface area contributed by atoms with E-state index < -0.39 is 28.3 Å². The predicted octanol–water partition coefficient (Wildman–Crippen LogP) is 5.16. The first-order chi connectivity index (χ1) is 23.5. The largest absolute Gasteiger partial charge is 2.00 e. The molecule has 2 aromatic heterocycles. The van der Waals surface area contributed by atoms with Crippen molar-refractivity contribution in [3.63, 3.8) is 0 Å². The number of alkyl carbamates (subject to hydrolysis) is 1. The molecule has 2 aromatic carbocycles. The predicted molar refractivity (Wildman–Crippen MR) is 177 cm³/mol. The van der Waals surface area contributed by atoms with Crippen LogP contribution in [0.15, 0.2) is 97.3 Å². The van der Waals surface area contributed by atoms with E-state index in [1.807, 2.05) is 72.8 Å². The van der Waals surface area contributed by atoms with Gasteiger partial charge >= 0.3 is 31.5 Å².